The van der Waals surface area contributed by atoms with E-state index in [-0.39, 0.29) is 6.04 Å². The molecule has 0 aliphatic heterocycles. The Morgan fingerprint density at radius 3 is 2.74 bits per heavy atom. The molecule has 2 rings (SSSR count). The molecule has 0 bridgehead atoms. The van der Waals surface area contributed by atoms with Crippen molar-refractivity contribution in [1.82, 2.24) is 15.5 Å². The Bertz CT molecular complexity index is 502. The number of hydrogen-bond donors (Lipinski definition) is 1. The summed E-state index contributed by atoms with van der Waals surface area (Å²) in [4.78, 5) is 0. The monoisotopic (exact) mass is 257 g/mol. The third-order valence-electron chi connectivity index (χ3n) is 2.92. The molecule has 4 heteroatoms. The van der Waals surface area contributed by atoms with Crippen molar-refractivity contribution < 1.29 is 4.74 Å². The van der Waals surface area contributed by atoms with Crippen LogP contribution in [-0.2, 0) is 0 Å². The van der Waals surface area contributed by atoms with Crippen molar-refractivity contribution in [2.75, 3.05) is 13.7 Å². The molecule has 0 radical (unpaired) electrons. The summed E-state index contributed by atoms with van der Waals surface area (Å²) >= 11 is 0. The van der Waals surface area contributed by atoms with Crippen LogP contribution in [0.4, 0.5) is 0 Å². The van der Waals surface area contributed by atoms with Crippen LogP contribution in [0, 0.1) is 0 Å². The van der Waals surface area contributed by atoms with Gasteiger partial charge in [-0.1, -0.05) is 25.1 Å². The van der Waals surface area contributed by atoms with Crippen LogP contribution < -0.4 is 10.1 Å². The highest BCUT2D eigenvalue weighted by Crippen LogP contribution is 2.29. The zero-order chi connectivity index (χ0) is 13.5. The maximum Gasteiger partial charge on any atom is 0.124 e. The number of aromatic nitrogens is 2. The Morgan fingerprint density at radius 1 is 1.21 bits per heavy atom. The van der Waals surface area contributed by atoms with Gasteiger partial charge in [-0.2, -0.15) is 10.2 Å². The molecule has 0 saturated heterocycles. The zero-order valence-corrected chi connectivity index (χ0v) is 11.3. The largest absolute Gasteiger partial charge is 0.493 e. The van der Waals surface area contributed by atoms with Crippen molar-refractivity contribution in [1.29, 1.82) is 0 Å². The lowest BCUT2D eigenvalue weighted by Gasteiger charge is -2.20. The second kappa shape index (κ2) is 6.85. The summed E-state index contributed by atoms with van der Waals surface area (Å²) in [6, 6.07) is 10.1. The van der Waals surface area contributed by atoms with Crippen molar-refractivity contribution >= 4 is 0 Å². The summed E-state index contributed by atoms with van der Waals surface area (Å²) < 4.78 is 5.81. The van der Waals surface area contributed by atoms with Crippen LogP contribution in [0.15, 0.2) is 42.7 Å². The molecule has 4 nitrogen and oxygen atoms in total. The standard InChI is InChI=1S/C15H19N3O/c1-3-10-19-14-7-5-4-6-13(14)15(16-2)12-8-9-17-18-11-12/h4-9,11,15-16H,3,10H2,1-2H3. The SMILES string of the molecule is CCCOc1ccccc1C(NC)c1ccnnc1. The highest BCUT2D eigenvalue weighted by atomic mass is 16.5. The first-order valence-electron chi connectivity index (χ1n) is 6.52. The van der Waals surface area contributed by atoms with E-state index in [4.69, 9.17) is 4.74 Å². The number of ether oxygens (including phenoxy) is 1. The van der Waals surface area contributed by atoms with Gasteiger partial charge in [0.15, 0.2) is 0 Å². The molecule has 0 aliphatic carbocycles. The fraction of sp³-hybridized carbons (Fsp3) is 0.333. The van der Waals surface area contributed by atoms with Gasteiger partial charge in [-0.15, -0.1) is 0 Å². The first kappa shape index (κ1) is 13.5. The summed E-state index contributed by atoms with van der Waals surface area (Å²) in [7, 11) is 1.93. The van der Waals surface area contributed by atoms with Crippen molar-refractivity contribution in [3.63, 3.8) is 0 Å². The topological polar surface area (TPSA) is 47.0 Å². The maximum absolute atomic E-state index is 5.81. The van der Waals surface area contributed by atoms with Gasteiger partial charge in [-0.05, 0) is 31.2 Å². The smallest absolute Gasteiger partial charge is 0.124 e. The number of rotatable bonds is 6. The normalized spacial score (nSPS) is 12.1. The molecule has 0 saturated carbocycles. The van der Waals surface area contributed by atoms with Crippen molar-refractivity contribution in [3.05, 3.63) is 53.9 Å². The van der Waals surface area contributed by atoms with Crippen LogP contribution in [0.3, 0.4) is 0 Å². The molecule has 1 aromatic carbocycles. The van der Waals surface area contributed by atoms with E-state index in [1.54, 1.807) is 12.4 Å². The van der Waals surface area contributed by atoms with Crippen LogP contribution in [0.5, 0.6) is 5.75 Å². The second-order valence-corrected chi connectivity index (χ2v) is 4.28. The van der Waals surface area contributed by atoms with Gasteiger partial charge in [0.05, 0.1) is 18.8 Å². The minimum Gasteiger partial charge on any atom is -0.493 e. The first-order valence-corrected chi connectivity index (χ1v) is 6.52. The molecule has 0 spiro atoms. The highest BCUT2D eigenvalue weighted by molar-refractivity contribution is 5.40. The van der Waals surface area contributed by atoms with Gasteiger partial charge in [-0.3, -0.25) is 0 Å². The number of benzene rings is 1. The lowest BCUT2D eigenvalue weighted by molar-refractivity contribution is 0.312. The molecule has 0 aliphatic rings. The van der Waals surface area contributed by atoms with Gasteiger partial charge >= 0.3 is 0 Å². The molecule has 1 unspecified atom stereocenters. The fourth-order valence-electron chi connectivity index (χ4n) is 2.04. The molecule has 1 atom stereocenters. The van der Waals surface area contributed by atoms with E-state index < -0.39 is 0 Å². The molecule has 1 N–H and O–H groups in total. The molecule has 2 aromatic rings. The summed E-state index contributed by atoms with van der Waals surface area (Å²) in [6.07, 6.45) is 4.47. The van der Waals surface area contributed by atoms with Crippen molar-refractivity contribution in [3.8, 4) is 5.75 Å². The minimum absolute atomic E-state index is 0.0588. The predicted octanol–water partition coefficient (Wildman–Crippen LogP) is 2.57. The third-order valence-corrected chi connectivity index (χ3v) is 2.92. The van der Waals surface area contributed by atoms with Gasteiger partial charge in [0.25, 0.3) is 0 Å². The maximum atomic E-state index is 5.81. The van der Waals surface area contributed by atoms with Crippen molar-refractivity contribution in [2.45, 2.75) is 19.4 Å². The van der Waals surface area contributed by atoms with E-state index in [2.05, 4.69) is 28.5 Å². The summed E-state index contributed by atoms with van der Waals surface area (Å²) in [5, 5.41) is 11.1. The number of nitrogens with zero attached hydrogens (tertiary/aromatic N) is 2. The molecule has 1 heterocycles. The van der Waals surface area contributed by atoms with E-state index in [0.29, 0.717) is 0 Å². The Balaban J connectivity index is 2.33. The molecule has 1 aromatic heterocycles. The number of nitrogens with one attached hydrogen (secondary N) is 1. The Kier molecular flexibility index (Phi) is 4.86. The first-order chi connectivity index (χ1) is 9.36. The van der Waals surface area contributed by atoms with E-state index in [1.807, 2.05) is 31.3 Å². The Labute approximate surface area is 113 Å². The Hall–Kier alpha value is -1.94. The van der Waals surface area contributed by atoms with Gasteiger partial charge in [0, 0.05) is 11.8 Å². The average Bonchev–Trinajstić information content (AvgIpc) is 2.48. The molecule has 0 amide bonds. The van der Waals surface area contributed by atoms with E-state index in [0.717, 1.165) is 29.9 Å². The number of hydrogen-bond acceptors (Lipinski definition) is 4. The Morgan fingerprint density at radius 2 is 2.05 bits per heavy atom. The second-order valence-electron chi connectivity index (χ2n) is 4.28. The van der Waals surface area contributed by atoms with Gasteiger partial charge in [0.2, 0.25) is 0 Å². The summed E-state index contributed by atoms with van der Waals surface area (Å²) in [5.41, 5.74) is 2.19. The summed E-state index contributed by atoms with van der Waals surface area (Å²) in [5.74, 6) is 0.917. The van der Waals surface area contributed by atoms with E-state index in [9.17, 15) is 0 Å². The lowest BCUT2D eigenvalue weighted by atomic mass is 10.00. The van der Waals surface area contributed by atoms with Gasteiger partial charge in [-0.25, -0.2) is 0 Å². The molecule has 0 fully saturated rings. The third kappa shape index (κ3) is 3.29. The fourth-order valence-corrected chi connectivity index (χ4v) is 2.04. The van der Waals surface area contributed by atoms with Gasteiger partial charge < -0.3 is 10.1 Å². The van der Waals surface area contributed by atoms with Crippen LogP contribution in [-0.4, -0.2) is 23.9 Å². The van der Waals surface area contributed by atoms with Crippen LogP contribution in [0.25, 0.3) is 0 Å². The minimum atomic E-state index is 0.0588. The predicted molar refractivity (Wildman–Crippen MR) is 75.2 cm³/mol. The van der Waals surface area contributed by atoms with Crippen LogP contribution in [0.1, 0.15) is 30.5 Å². The number of para-hydroxylation sites is 1. The zero-order valence-electron chi connectivity index (χ0n) is 11.3. The van der Waals surface area contributed by atoms with E-state index >= 15 is 0 Å². The van der Waals surface area contributed by atoms with Gasteiger partial charge in [0.1, 0.15) is 5.75 Å². The lowest BCUT2D eigenvalue weighted by Crippen LogP contribution is -2.19. The van der Waals surface area contributed by atoms with Crippen molar-refractivity contribution in [2.24, 2.45) is 0 Å². The molecular weight excluding hydrogens is 238 g/mol. The van der Waals surface area contributed by atoms with Crippen LogP contribution >= 0.6 is 0 Å². The van der Waals surface area contributed by atoms with Crippen LogP contribution in [0.2, 0.25) is 0 Å². The summed E-state index contributed by atoms with van der Waals surface area (Å²) in [6.45, 7) is 2.83. The molecular formula is C15H19N3O. The molecule has 100 valence electrons. The highest BCUT2D eigenvalue weighted by Gasteiger charge is 2.16. The quantitative estimate of drug-likeness (QED) is 0.864. The molecule has 19 heavy (non-hydrogen) atoms. The average molecular weight is 257 g/mol. The van der Waals surface area contributed by atoms with E-state index in [1.165, 1.54) is 0 Å².